The SMILES string of the molecule is [2H]C([2H])([2H])c1c[n+](C)c(-c2ccccc2C)cc1C([2H])([2H])C(C)C.[2H]C([2H])([2H])c1c[n+](C)c(-c2ccccc2C)cc1C1([2H])CCCC1.[2H]C([2H])([2H])c1c[n+](C)c(-c2ccccc2C)cc1C1CCCC1.[2H]C([2H])([2H])c1c[n+](C)c(-c2ccccc2C)cc1CC(C)C. The van der Waals surface area contributed by atoms with Crippen LogP contribution in [-0.2, 0) is 41.0 Å². The molecule has 78 heavy (non-hydrogen) atoms. The van der Waals surface area contributed by atoms with E-state index in [2.05, 4.69) is 77.1 Å². The van der Waals surface area contributed by atoms with Crippen LogP contribution < -0.4 is 18.3 Å². The summed E-state index contributed by atoms with van der Waals surface area (Å²) >= 11 is 0. The molecule has 4 nitrogen and oxygen atoms in total. The molecule has 4 heterocycles. The minimum atomic E-state index is -2.36. The number of benzene rings is 4. The maximum Gasteiger partial charge on any atom is 0.212 e. The molecule has 0 unspecified atom stereocenters. The highest BCUT2D eigenvalue weighted by atomic mass is 14.9. The first-order chi connectivity index (χ1) is 43.3. The fourth-order valence-corrected chi connectivity index (χ4v) is 11.1. The third-order valence-electron chi connectivity index (χ3n) is 15.4. The molecule has 0 bridgehead atoms. The Kier molecular flexibility index (Phi) is 14.6. The number of hydrogen-bond donors (Lipinski definition) is 0. The zero-order chi connectivity index (χ0) is 68.9. The molecule has 0 spiro atoms. The van der Waals surface area contributed by atoms with Gasteiger partial charge in [0.1, 0.15) is 28.2 Å². The van der Waals surface area contributed by atoms with Gasteiger partial charge in [-0.25, -0.2) is 18.3 Å². The van der Waals surface area contributed by atoms with Crippen molar-refractivity contribution in [2.24, 2.45) is 40.0 Å². The van der Waals surface area contributed by atoms with Gasteiger partial charge in [-0.2, -0.15) is 0 Å². The first-order valence-corrected chi connectivity index (χ1v) is 28.2. The number of nitrogens with zero attached hydrogens (tertiary/aromatic N) is 4. The third-order valence-corrected chi connectivity index (χ3v) is 15.4. The summed E-state index contributed by atoms with van der Waals surface area (Å²) < 4.78 is 128. The molecular weight excluding hydrogens is 945 g/mol. The predicted octanol–water partition coefficient (Wildman–Crippen LogP) is 16.9. The molecule has 0 amide bonds. The van der Waals surface area contributed by atoms with Gasteiger partial charge in [0.25, 0.3) is 0 Å². The van der Waals surface area contributed by atoms with Gasteiger partial charge >= 0.3 is 0 Å². The summed E-state index contributed by atoms with van der Waals surface area (Å²) in [5.41, 5.74) is 17.1. The van der Waals surface area contributed by atoms with E-state index in [4.69, 9.17) is 20.6 Å². The van der Waals surface area contributed by atoms with Crippen molar-refractivity contribution in [2.75, 3.05) is 0 Å². The van der Waals surface area contributed by atoms with Crippen LogP contribution in [0.1, 0.15) is 178 Å². The normalized spacial score (nSPS) is 17.5. The summed E-state index contributed by atoms with van der Waals surface area (Å²) in [5.74, 6) is -0.320. The zero-order valence-electron chi connectivity index (χ0n) is 63.7. The first kappa shape index (κ1) is 41.5. The molecule has 2 aliphatic rings. The minimum Gasteiger partial charge on any atom is -0.201 e. The Bertz CT molecular complexity index is 3790. The van der Waals surface area contributed by atoms with Crippen LogP contribution in [0.3, 0.4) is 0 Å². The second-order valence-electron chi connectivity index (χ2n) is 22.5. The fourth-order valence-electron chi connectivity index (χ4n) is 11.1. The van der Waals surface area contributed by atoms with Crippen LogP contribution in [0.5, 0.6) is 0 Å². The van der Waals surface area contributed by atoms with E-state index in [1.54, 1.807) is 50.1 Å². The molecule has 8 aromatic rings. The fraction of sp³-hybridized carbons (Fsp3) is 0.405. The van der Waals surface area contributed by atoms with Crippen molar-refractivity contribution in [3.05, 3.63) is 213 Å². The smallest absolute Gasteiger partial charge is 0.201 e. The summed E-state index contributed by atoms with van der Waals surface area (Å²) in [4.78, 5) is 0. The number of pyridine rings is 4. The van der Waals surface area contributed by atoms with E-state index in [9.17, 15) is 0 Å². The molecule has 2 aliphatic carbocycles. The molecule has 408 valence electrons. The van der Waals surface area contributed by atoms with Gasteiger partial charge in [0.05, 0.1) is 0 Å². The van der Waals surface area contributed by atoms with E-state index >= 15 is 0 Å². The number of aromatic nitrogens is 4. The van der Waals surface area contributed by atoms with E-state index in [1.807, 2.05) is 121 Å². The molecule has 2 fully saturated rings. The predicted molar refractivity (Wildman–Crippen MR) is 330 cm³/mol. The van der Waals surface area contributed by atoms with Gasteiger partial charge in [-0.3, -0.25) is 0 Å². The molecule has 4 aromatic carbocycles. The van der Waals surface area contributed by atoms with E-state index in [1.165, 1.54) is 29.5 Å². The second-order valence-corrected chi connectivity index (χ2v) is 22.5. The van der Waals surface area contributed by atoms with Crippen molar-refractivity contribution in [1.82, 2.24) is 0 Å². The van der Waals surface area contributed by atoms with Gasteiger partial charge in [0.2, 0.25) is 22.8 Å². The van der Waals surface area contributed by atoms with E-state index in [0.29, 0.717) is 34.1 Å². The van der Waals surface area contributed by atoms with Crippen LogP contribution in [0.4, 0.5) is 0 Å². The topological polar surface area (TPSA) is 15.5 Å². The van der Waals surface area contributed by atoms with Crippen molar-refractivity contribution < 1.29 is 38.8 Å². The van der Waals surface area contributed by atoms with Crippen molar-refractivity contribution >= 4 is 0 Å². The monoisotopic (exact) mass is 1060 g/mol. The highest BCUT2D eigenvalue weighted by Gasteiger charge is 2.25. The molecule has 0 radical (unpaired) electrons. The summed E-state index contributed by atoms with van der Waals surface area (Å²) in [6.07, 6.45) is 13.9. The van der Waals surface area contributed by atoms with Gasteiger partial charge < -0.3 is 0 Å². The molecular formula is C74H96N4+4. The van der Waals surface area contributed by atoms with E-state index in [0.717, 1.165) is 107 Å². The van der Waals surface area contributed by atoms with Crippen molar-refractivity contribution in [3.8, 4) is 45.0 Å². The van der Waals surface area contributed by atoms with Crippen LogP contribution in [0.25, 0.3) is 45.0 Å². The average Bonchev–Trinajstić information content (AvgIpc) is 1.56. The molecule has 0 N–H and O–H groups in total. The largest absolute Gasteiger partial charge is 0.212 e. The van der Waals surface area contributed by atoms with Crippen LogP contribution in [0.2, 0.25) is 0 Å². The molecule has 0 atom stereocenters. The number of rotatable bonds is 10. The lowest BCUT2D eigenvalue weighted by Crippen LogP contribution is -2.32. The molecule has 0 aliphatic heterocycles. The maximum atomic E-state index is 8.87. The third kappa shape index (κ3) is 15.0. The van der Waals surface area contributed by atoms with E-state index < -0.39 is 39.7 Å². The Morgan fingerprint density at radius 1 is 0.423 bits per heavy atom. The maximum absolute atomic E-state index is 8.87. The molecule has 10 rings (SSSR count). The van der Waals surface area contributed by atoms with Gasteiger partial charge in [0, 0.05) is 89.3 Å². The Morgan fingerprint density at radius 3 is 1.14 bits per heavy atom. The molecule has 0 saturated heterocycles. The minimum absolute atomic E-state index is 0.0704. The second kappa shape index (κ2) is 27.4. The summed E-state index contributed by atoms with van der Waals surface area (Å²) in [6, 6.07) is 40.2. The lowest BCUT2D eigenvalue weighted by Gasteiger charge is -2.14. The van der Waals surface area contributed by atoms with Gasteiger partial charge in [0.15, 0.2) is 24.8 Å². The van der Waals surface area contributed by atoms with Gasteiger partial charge in [-0.15, -0.1) is 0 Å². The van der Waals surface area contributed by atoms with Crippen LogP contribution in [0, 0.1) is 66.9 Å². The lowest BCUT2D eigenvalue weighted by atomic mass is 9.92. The molecule has 2 saturated carbocycles. The standard InChI is InChI=1S/2C19H24N.2C18H24N/c2*1-14-8-4-7-11-17(14)19-12-18(15(2)13-20(19)3)16-9-5-6-10-16;2*1-13(2)10-16-11-18(19(5)12-15(16)4)17-9-7-6-8-14(17)3/h2*4,7-8,11-13,16H,5-6,9-10H2,1-3H3;2*6-9,11-13H,10H2,1-5H3/q4*+1/i2D3,16D;2D3;4D3,10D2;4D3. The molecule has 4 aromatic heterocycles. The summed E-state index contributed by atoms with van der Waals surface area (Å²) in [7, 11) is 7.53. The average molecular weight is 1060 g/mol. The number of hydrogen-bond acceptors (Lipinski definition) is 0. The quantitative estimate of drug-likeness (QED) is 0.121. The van der Waals surface area contributed by atoms with Crippen LogP contribution in [0.15, 0.2) is 146 Å². The summed E-state index contributed by atoms with van der Waals surface area (Å²) in [5, 5.41) is 0. The van der Waals surface area contributed by atoms with Crippen LogP contribution in [-0.4, -0.2) is 0 Å². The highest BCUT2D eigenvalue weighted by Crippen LogP contribution is 2.38. The Hall–Kier alpha value is -6.52. The number of aryl methyl sites for hydroxylation is 12. The van der Waals surface area contributed by atoms with Gasteiger partial charge in [-0.05, 0) is 186 Å². The zero-order valence-corrected chi connectivity index (χ0v) is 48.7. The Labute approximate surface area is 494 Å². The van der Waals surface area contributed by atoms with Crippen molar-refractivity contribution in [3.63, 3.8) is 0 Å². The Morgan fingerprint density at radius 2 is 0.756 bits per heavy atom. The van der Waals surface area contributed by atoms with Gasteiger partial charge in [-0.1, -0.05) is 126 Å². The summed E-state index contributed by atoms with van der Waals surface area (Å²) in [6.45, 7) is 7.29. The van der Waals surface area contributed by atoms with Crippen molar-refractivity contribution in [2.45, 2.75) is 159 Å². The van der Waals surface area contributed by atoms with Crippen LogP contribution >= 0.6 is 0 Å². The molecule has 4 heteroatoms. The van der Waals surface area contributed by atoms with E-state index in [-0.39, 0.29) is 17.0 Å². The van der Waals surface area contributed by atoms with Crippen molar-refractivity contribution in [1.29, 1.82) is 0 Å². The highest BCUT2D eigenvalue weighted by molar-refractivity contribution is 5.64. The lowest BCUT2D eigenvalue weighted by molar-refractivity contribution is -0.661. The first-order valence-electron chi connectivity index (χ1n) is 35.7. The Balaban J connectivity index is 0.000000176.